The summed E-state index contributed by atoms with van der Waals surface area (Å²) >= 11 is 0. The first kappa shape index (κ1) is 20.0. The van der Waals surface area contributed by atoms with E-state index in [1.165, 1.54) is 7.11 Å². The molecule has 0 radical (unpaired) electrons. The average molecular weight is 382 g/mol. The normalized spacial score (nSPS) is 24.6. The van der Waals surface area contributed by atoms with E-state index in [-0.39, 0.29) is 18.4 Å². The van der Waals surface area contributed by atoms with E-state index in [1.807, 2.05) is 48.5 Å². The Balaban J connectivity index is 2.01. The molecule has 3 unspecified atom stereocenters. The third-order valence-electron chi connectivity index (χ3n) is 5.19. The Hall–Kier alpha value is -2.70. The Bertz CT molecular complexity index is 808. The Morgan fingerprint density at radius 3 is 2.36 bits per heavy atom. The smallest absolute Gasteiger partial charge is 0.254 e. The second-order valence-corrected chi connectivity index (χ2v) is 7.31. The maximum absolute atomic E-state index is 13.3. The summed E-state index contributed by atoms with van der Waals surface area (Å²) in [5.74, 6) is -0.460. The molecule has 0 spiro atoms. The molecule has 2 amide bonds. The van der Waals surface area contributed by atoms with E-state index in [0.717, 1.165) is 5.56 Å². The van der Waals surface area contributed by atoms with E-state index in [9.17, 15) is 14.7 Å². The first-order valence-electron chi connectivity index (χ1n) is 9.35. The highest BCUT2D eigenvalue weighted by atomic mass is 16.5. The molecule has 1 saturated heterocycles. The Morgan fingerprint density at radius 1 is 1.14 bits per heavy atom. The molecule has 2 aromatic rings. The maximum atomic E-state index is 13.3. The number of benzene rings is 2. The van der Waals surface area contributed by atoms with Crippen molar-refractivity contribution in [2.75, 3.05) is 20.3 Å². The van der Waals surface area contributed by atoms with Gasteiger partial charge in [0, 0.05) is 19.2 Å². The van der Waals surface area contributed by atoms with Crippen molar-refractivity contribution in [2.45, 2.75) is 31.0 Å². The minimum Gasteiger partial charge on any atom is -0.388 e. The van der Waals surface area contributed by atoms with Crippen LogP contribution >= 0.6 is 0 Å². The molecule has 2 aromatic carbocycles. The molecular weight excluding hydrogens is 356 g/mol. The number of methoxy groups -OCH3 is 1. The highest BCUT2D eigenvalue weighted by Gasteiger charge is 2.47. The number of aliphatic hydroxyl groups is 1. The largest absolute Gasteiger partial charge is 0.388 e. The van der Waals surface area contributed by atoms with E-state index in [1.54, 1.807) is 24.0 Å². The summed E-state index contributed by atoms with van der Waals surface area (Å²) in [6.07, 6.45) is 0.354. The molecular formula is C22H26N2O4. The van der Waals surface area contributed by atoms with Gasteiger partial charge >= 0.3 is 0 Å². The van der Waals surface area contributed by atoms with Gasteiger partial charge in [-0.3, -0.25) is 9.59 Å². The van der Waals surface area contributed by atoms with Crippen LogP contribution in [0.25, 0.3) is 0 Å². The van der Waals surface area contributed by atoms with Gasteiger partial charge < -0.3 is 20.1 Å². The van der Waals surface area contributed by atoms with Crippen LogP contribution in [0.2, 0.25) is 0 Å². The lowest BCUT2D eigenvalue weighted by Crippen LogP contribution is -2.63. The van der Waals surface area contributed by atoms with E-state index < -0.39 is 17.7 Å². The van der Waals surface area contributed by atoms with Crippen LogP contribution in [0, 0.1) is 0 Å². The Kier molecular flexibility index (Phi) is 6.11. The third-order valence-corrected chi connectivity index (χ3v) is 5.19. The van der Waals surface area contributed by atoms with Gasteiger partial charge in [0.05, 0.1) is 17.7 Å². The standard InChI is InChI=1S/C22H26N2O4/c1-22(27)13-14-24(21(26)17-11-7-4-8-12-17)19(16-9-5-3-6-10-16)20(22)23-18(25)15-28-2/h3-12,19-20,27H,13-15H2,1-2H3,(H,23,25). The molecule has 6 nitrogen and oxygen atoms in total. The Labute approximate surface area is 165 Å². The van der Waals surface area contributed by atoms with Crippen molar-refractivity contribution in [1.82, 2.24) is 10.2 Å². The minimum absolute atomic E-state index is 0.110. The molecule has 148 valence electrons. The van der Waals surface area contributed by atoms with E-state index >= 15 is 0 Å². The number of amides is 2. The second kappa shape index (κ2) is 8.54. The number of hydrogen-bond acceptors (Lipinski definition) is 4. The molecule has 1 fully saturated rings. The van der Waals surface area contributed by atoms with Crippen LogP contribution in [-0.4, -0.2) is 53.7 Å². The Morgan fingerprint density at radius 2 is 1.75 bits per heavy atom. The fourth-order valence-corrected chi connectivity index (χ4v) is 3.74. The van der Waals surface area contributed by atoms with Gasteiger partial charge in [0.15, 0.2) is 0 Å². The van der Waals surface area contributed by atoms with Gasteiger partial charge in [0.1, 0.15) is 6.61 Å². The molecule has 1 aliphatic heterocycles. The summed E-state index contributed by atoms with van der Waals surface area (Å²) in [7, 11) is 1.44. The molecule has 2 N–H and O–H groups in total. The highest BCUT2D eigenvalue weighted by molar-refractivity contribution is 5.94. The number of nitrogens with one attached hydrogen (secondary N) is 1. The van der Waals surface area contributed by atoms with Crippen LogP contribution in [0.3, 0.4) is 0 Å². The number of ether oxygens (including phenoxy) is 1. The fourth-order valence-electron chi connectivity index (χ4n) is 3.74. The summed E-state index contributed by atoms with van der Waals surface area (Å²) in [6, 6.07) is 17.4. The van der Waals surface area contributed by atoms with Crippen LogP contribution < -0.4 is 5.32 Å². The van der Waals surface area contributed by atoms with Gasteiger partial charge in [-0.15, -0.1) is 0 Å². The van der Waals surface area contributed by atoms with E-state index in [2.05, 4.69) is 5.32 Å². The predicted octanol–water partition coefficient (Wildman–Crippen LogP) is 2.16. The van der Waals surface area contributed by atoms with Gasteiger partial charge in [0.25, 0.3) is 5.91 Å². The number of likely N-dealkylation sites (tertiary alicyclic amines) is 1. The SMILES string of the molecule is COCC(=O)NC1C(c2ccccc2)N(C(=O)c2ccccc2)CCC1(C)O. The van der Waals surface area contributed by atoms with Crippen molar-refractivity contribution in [3.63, 3.8) is 0 Å². The summed E-state index contributed by atoms with van der Waals surface area (Å²) in [5, 5.41) is 13.9. The van der Waals surface area contributed by atoms with Crippen LogP contribution in [-0.2, 0) is 9.53 Å². The molecule has 1 heterocycles. The molecule has 0 aliphatic carbocycles. The summed E-state index contributed by atoms with van der Waals surface area (Å²) < 4.78 is 4.92. The van der Waals surface area contributed by atoms with E-state index in [0.29, 0.717) is 18.5 Å². The molecule has 28 heavy (non-hydrogen) atoms. The minimum atomic E-state index is -1.17. The van der Waals surface area contributed by atoms with Crippen LogP contribution in [0.5, 0.6) is 0 Å². The van der Waals surface area contributed by atoms with Crippen LogP contribution in [0.1, 0.15) is 35.3 Å². The van der Waals surface area contributed by atoms with Gasteiger partial charge in [0.2, 0.25) is 5.91 Å². The number of piperidine rings is 1. The van der Waals surface area contributed by atoms with Crippen LogP contribution in [0.15, 0.2) is 60.7 Å². The number of carbonyl (C=O) groups is 2. The van der Waals surface area contributed by atoms with Crippen LogP contribution in [0.4, 0.5) is 0 Å². The topological polar surface area (TPSA) is 78.9 Å². The monoisotopic (exact) mass is 382 g/mol. The van der Waals surface area contributed by atoms with Crippen molar-refractivity contribution < 1.29 is 19.4 Å². The van der Waals surface area contributed by atoms with Crippen molar-refractivity contribution in [2.24, 2.45) is 0 Å². The number of rotatable bonds is 5. The van der Waals surface area contributed by atoms with Crippen molar-refractivity contribution in [3.05, 3.63) is 71.8 Å². The zero-order chi connectivity index (χ0) is 20.1. The zero-order valence-electron chi connectivity index (χ0n) is 16.2. The van der Waals surface area contributed by atoms with Gasteiger partial charge in [-0.2, -0.15) is 0 Å². The lowest BCUT2D eigenvalue weighted by atomic mass is 9.79. The molecule has 3 rings (SSSR count). The summed E-state index contributed by atoms with van der Waals surface area (Å²) in [6.45, 7) is 1.97. The van der Waals surface area contributed by atoms with Gasteiger partial charge in [-0.25, -0.2) is 0 Å². The van der Waals surface area contributed by atoms with Gasteiger partial charge in [-0.1, -0.05) is 48.5 Å². The van der Waals surface area contributed by atoms with Crippen molar-refractivity contribution >= 4 is 11.8 Å². The quantitative estimate of drug-likeness (QED) is 0.831. The molecule has 0 aromatic heterocycles. The lowest BCUT2D eigenvalue weighted by molar-refractivity contribution is -0.131. The van der Waals surface area contributed by atoms with Crippen molar-refractivity contribution in [3.8, 4) is 0 Å². The molecule has 0 saturated carbocycles. The number of hydrogen-bond donors (Lipinski definition) is 2. The molecule has 1 aliphatic rings. The lowest BCUT2D eigenvalue weighted by Gasteiger charge is -2.49. The maximum Gasteiger partial charge on any atom is 0.254 e. The first-order chi connectivity index (χ1) is 13.4. The first-order valence-corrected chi connectivity index (χ1v) is 9.35. The van der Waals surface area contributed by atoms with Crippen molar-refractivity contribution in [1.29, 1.82) is 0 Å². The predicted molar refractivity (Wildman–Crippen MR) is 106 cm³/mol. The third kappa shape index (κ3) is 4.24. The molecule has 6 heteroatoms. The molecule has 0 bridgehead atoms. The average Bonchev–Trinajstić information content (AvgIpc) is 2.70. The second-order valence-electron chi connectivity index (χ2n) is 7.31. The fraction of sp³-hybridized carbons (Fsp3) is 0.364. The van der Waals surface area contributed by atoms with Gasteiger partial charge in [-0.05, 0) is 31.0 Å². The number of carbonyl (C=O) groups excluding carboxylic acids is 2. The zero-order valence-corrected chi connectivity index (χ0v) is 16.2. The number of nitrogens with zero attached hydrogens (tertiary/aromatic N) is 1. The van der Waals surface area contributed by atoms with E-state index in [4.69, 9.17) is 4.74 Å². The molecule has 3 atom stereocenters. The summed E-state index contributed by atoms with van der Waals surface area (Å²) in [4.78, 5) is 27.3. The summed E-state index contributed by atoms with van der Waals surface area (Å²) in [5.41, 5.74) is 0.263. The highest BCUT2D eigenvalue weighted by Crippen LogP contribution is 2.37.